The first kappa shape index (κ1) is 23.4. The second-order valence-corrected chi connectivity index (χ2v) is 7.72. The van der Waals surface area contributed by atoms with Crippen LogP contribution in [0.2, 0.25) is 0 Å². The van der Waals surface area contributed by atoms with Crippen LogP contribution >= 0.6 is 0 Å². The standard InChI is InChI=1S/2C12H17NO/c1-10(2)13(9-14)8-12-6-4-11(3)5-7-12;1-10(2)13(9-14)8-12-6-4-5-11(3)7-12/h2*4-7,9-10H,8H2,1-3H3. The fraction of sp³-hybridized carbons (Fsp3) is 0.417. The molecule has 0 spiro atoms. The van der Waals surface area contributed by atoms with Gasteiger partial charge in [0.2, 0.25) is 12.8 Å². The fourth-order valence-corrected chi connectivity index (χ4v) is 2.61. The van der Waals surface area contributed by atoms with Gasteiger partial charge >= 0.3 is 0 Å². The maximum absolute atomic E-state index is 10.8. The van der Waals surface area contributed by atoms with Crippen LogP contribution in [0.5, 0.6) is 0 Å². The number of carbonyl (C=O) groups excluding carboxylic acids is 2. The van der Waals surface area contributed by atoms with E-state index in [-0.39, 0.29) is 12.1 Å². The van der Waals surface area contributed by atoms with E-state index in [4.69, 9.17) is 0 Å². The van der Waals surface area contributed by atoms with Crippen LogP contribution < -0.4 is 0 Å². The molecule has 2 rings (SSSR count). The summed E-state index contributed by atoms with van der Waals surface area (Å²) in [4.78, 5) is 25.1. The van der Waals surface area contributed by atoms with Crippen LogP contribution in [0.4, 0.5) is 0 Å². The number of nitrogens with zero attached hydrogens (tertiary/aromatic N) is 2. The maximum Gasteiger partial charge on any atom is 0.210 e. The molecule has 0 aliphatic rings. The Bertz CT molecular complexity index is 724. The number of rotatable bonds is 8. The number of amides is 2. The Hall–Kier alpha value is -2.62. The van der Waals surface area contributed by atoms with Gasteiger partial charge in [0.15, 0.2) is 0 Å². The highest BCUT2D eigenvalue weighted by atomic mass is 16.1. The van der Waals surface area contributed by atoms with Crippen molar-refractivity contribution in [3.8, 4) is 0 Å². The lowest BCUT2D eigenvalue weighted by Crippen LogP contribution is -2.28. The van der Waals surface area contributed by atoms with Crippen LogP contribution in [0.25, 0.3) is 0 Å². The lowest BCUT2D eigenvalue weighted by Gasteiger charge is -2.21. The molecule has 4 heteroatoms. The zero-order valence-corrected chi connectivity index (χ0v) is 18.1. The molecule has 0 saturated carbocycles. The van der Waals surface area contributed by atoms with E-state index in [0.717, 1.165) is 12.8 Å². The van der Waals surface area contributed by atoms with Gasteiger partial charge < -0.3 is 9.80 Å². The molecule has 0 radical (unpaired) electrons. The van der Waals surface area contributed by atoms with Crippen molar-refractivity contribution < 1.29 is 9.59 Å². The number of aryl methyl sites for hydroxylation is 2. The van der Waals surface area contributed by atoms with E-state index in [1.54, 1.807) is 9.80 Å². The molecule has 4 nitrogen and oxygen atoms in total. The fourth-order valence-electron chi connectivity index (χ4n) is 2.61. The molecule has 0 heterocycles. The van der Waals surface area contributed by atoms with Crippen LogP contribution in [0.3, 0.4) is 0 Å². The lowest BCUT2D eigenvalue weighted by molar-refractivity contribution is -0.120. The predicted molar refractivity (Wildman–Crippen MR) is 116 cm³/mol. The van der Waals surface area contributed by atoms with Crippen LogP contribution in [0, 0.1) is 13.8 Å². The zero-order valence-electron chi connectivity index (χ0n) is 18.1. The van der Waals surface area contributed by atoms with Gasteiger partial charge in [-0.15, -0.1) is 0 Å². The Labute approximate surface area is 170 Å². The van der Waals surface area contributed by atoms with Crippen molar-refractivity contribution in [2.75, 3.05) is 0 Å². The molecule has 0 aromatic heterocycles. The third kappa shape index (κ3) is 8.38. The maximum atomic E-state index is 10.8. The minimum absolute atomic E-state index is 0.257. The van der Waals surface area contributed by atoms with Gasteiger partial charge in [-0.1, -0.05) is 59.7 Å². The first-order valence-electron chi connectivity index (χ1n) is 9.80. The normalized spacial score (nSPS) is 10.3. The Kier molecular flexibility index (Phi) is 10.0. The van der Waals surface area contributed by atoms with E-state index in [2.05, 4.69) is 50.2 Å². The Balaban J connectivity index is 0.000000280. The zero-order chi connectivity index (χ0) is 21.1. The van der Waals surface area contributed by atoms with E-state index < -0.39 is 0 Å². The van der Waals surface area contributed by atoms with Gasteiger partial charge in [0.05, 0.1) is 0 Å². The molecule has 0 N–H and O–H groups in total. The van der Waals surface area contributed by atoms with Crippen molar-refractivity contribution in [3.05, 3.63) is 70.8 Å². The Morgan fingerprint density at radius 3 is 1.64 bits per heavy atom. The number of benzene rings is 2. The first-order chi connectivity index (χ1) is 13.3. The molecule has 2 aromatic carbocycles. The smallest absolute Gasteiger partial charge is 0.210 e. The van der Waals surface area contributed by atoms with Gasteiger partial charge in [-0.2, -0.15) is 0 Å². The van der Waals surface area contributed by atoms with Crippen LogP contribution in [0.15, 0.2) is 48.5 Å². The predicted octanol–water partition coefficient (Wildman–Crippen LogP) is 4.72. The highest BCUT2D eigenvalue weighted by Crippen LogP contribution is 2.09. The van der Waals surface area contributed by atoms with Crippen molar-refractivity contribution in [1.29, 1.82) is 0 Å². The summed E-state index contributed by atoms with van der Waals surface area (Å²) in [5.41, 5.74) is 4.84. The molecular formula is C24H34N2O2. The number of carbonyl (C=O) groups is 2. The summed E-state index contributed by atoms with van der Waals surface area (Å²) in [6, 6.07) is 17.0. The number of hydrogen-bond donors (Lipinski definition) is 0. The molecule has 28 heavy (non-hydrogen) atoms. The van der Waals surface area contributed by atoms with Crippen molar-refractivity contribution in [2.24, 2.45) is 0 Å². The van der Waals surface area contributed by atoms with Gasteiger partial charge in [0, 0.05) is 25.2 Å². The lowest BCUT2D eigenvalue weighted by atomic mass is 10.1. The molecule has 0 bridgehead atoms. The molecule has 0 aliphatic heterocycles. The topological polar surface area (TPSA) is 40.6 Å². The minimum atomic E-state index is 0.257. The highest BCUT2D eigenvalue weighted by Gasteiger charge is 2.07. The first-order valence-corrected chi connectivity index (χ1v) is 9.80. The molecule has 0 fully saturated rings. The summed E-state index contributed by atoms with van der Waals surface area (Å²) in [7, 11) is 0. The largest absolute Gasteiger partial charge is 0.339 e. The molecule has 2 aromatic rings. The molecule has 0 atom stereocenters. The molecule has 0 unspecified atom stereocenters. The van der Waals surface area contributed by atoms with E-state index in [9.17, 15) is 9.59 Å². The average molecular weight is 383 g/mol. The quantitative estimate of drug-likeness (QED) is 0.620. The SMILES string of the molecule is Cc1ccc(CN(C=O)C(C)C)cc1.Cc1cccc(CN(C=O)C(C)C)c1. The molecule has 0 saturated heterocycles. The van der Waals surface area contributed by atoms with Gasteiger partial charge in [-0.3, -0.25) is 9.59 Å². The summed E-state index contributed by atoms with van der Waals surface area (Å²) in [6.07, 6.45) is 1.82. The molecular weight excluding hydrogens is 348 g/mol. The summed E-state index contributed by atoms with van der Waals surface area (Å²) >= 11 is 0. The van der Waals surface area contributed by atoms with Crippen LogP contribution in [0.1, 0.15) is 49.9 Å². The highest BCUT2D eigenvalue weighted by molar-refractivity contribution is 5.48. The summed E-state index contributed by atoms with van der Waals surface area (Å²) in [6.45, 7) is 13.6. The second-order valence-electron chi connectivity index (χ2n) is 7.72. The van der Waals surface area contributed by atoms with Gasteiger partial charge in [0.25, 0.3) is 0 Å². The van der Waals surface area contributed by atoms with Gasteiger partial charge in [-0.05, 0) is 52.7 Å². The van der Waals surface area contributed by atoms with Gasteiger partial charge in [-0.25, -0.2) is 0 Å². The minimum Gasteiger partial charge on any atom is -0.339 e. The molecule has 0 aliphatic carbocycles. The molecule has 2 amide bonds. The van der Waals surface area contributed by atoms with Crippen LogP contribution in [-0.2, 0) is 22.7 Å². The monoisotopic (exact) mass is 382 g/mol. The van der Waals surface area contributed by atoms with Crippen LogP contribution in [-0.4, -0.2) is 34.7 Å². The summed E-state index contributed by atoms with van der Waals surface area (Å²) < 4.78 is 0. The van der Waals surface area contributed by atoms with Crippen molar-refractivity contribution >= 4 is 12.8 Å². The Morgan fingerprint density at radius 1 is 0.714 bits per heavy atom. The molecule has 152 valence electrons. The van der Waals surface area contributed by atoms with Crippen molar-refractivity contribution in [1.82, 2.24) is 9.80 Å². The Morgan fingerprint density at radius 2 is 1.21 bits per heavy atom. The third-order valence-electron chi connectivity index (χ3n) is 4.53. The summed E-state index contributed by atoms with van der Waals surface area (Å²) in [5, 5.41) is 0. The van der Waals surface area contributed by atoms with E-state index in [1.165, 1.54) is 22.3 Å². The van der Waals surface area contributed by atoms with E-state index in [1.807, 2.05) is 39.8 Å². The summed E-state index contributed by atoms with van der Waals surface area (Å²) in [5.74, 6) is 0. The number of hydrogen-bond acceptors (Lipinski definition) is 2. The third-order valence-corrected chi connectivity index (χ3v) is 4.53. The van der Waals surface area contributed by atoms with E-state index in [0.29, 0.717) is 13.1 Å². The van der Waals surface area contributed by atoms with Crippen molar-refractivity contribution in [3.63, 3.8) is 0 Å². The van der Waals surface area contributed by atoms with Gasteiger partial charge in [0.1, 0.15) is 0 Å². The van der Waals surface area contributed by atoms with Crippen molar-refractivity contribution in [2.45, 2.75) is 66.7 Å². The van der Waals surface area contributed by atoms with E-state index >= 15 is 0 Å². The second kappa shape index (κ2) is 12.0. The average Bonchev–Trinajstić information content (AvgIpc) is 2.65.